The Balaban J connectivity index is 0.000000246. The molecule has 0 unspecified atom stereocenters. The Morgan fingerprint density at radius 3 is 1.60 bits per heavy atom. The number of rotatable bonds is 7. The maximum Gasteiger partial charge on any atom is 0.139 e. The number of hydrogen-bond acceptors (Lipinski definition) is 6. The van der Waals surface area contributed by atoms with Gasteiger partial charge in [0.15, 0.2) is 0 Å². The molecule has 2 aliphatic rings. The fourth-order valence-corrected chi connectivity index (χ4v) is 8.20. The molecule has 0 bridgehead atoms. The Bertz CT molecular complexity index is 1650. The van der Waals surface area contributed by atoms with E-state index in [1.807, 2.05) is 26.2 Å². The van der Waals surface area contributed by atoms with Gasteiger partial charge in [-0.3, -0.25) is 0 Å². The van der Waals surface area contributed by atoms with E-state index in [0.717, 1.165) is 78.5 Å². The summed E-state index contributed by atoms with van der Waals surface area (Å²) in [6.07, 6.45) is 3.99. The lowest BCUT2D eigenvalue weighted by Gasteiger charge is -2.30. The van der Waals surface area contributed by atoms with Gasteiger partial charge in [-0.1, -0.05) is 39.5 Å². The van der Waals surface area contributed by atoms with Crippen molar-refractivity contribution < 1.29 is 17.6 Å². The van der Waals surface area contributed by atoms with Crippen molar-refractivity contribution in [2.45, 2.75) is 57.1 Å². The van der Waals surface area contributed by atoms with Crippen molar-refractivity contribution in [2.24, 2.45) is 0 Å². The van der Waals surface area contributed by atoms with E-state index in [0.29, 0.717) is 26.1 Å². The van der Waals surface area contributed by atoms with Gasteiger partial charge in [-0.2, -0.15) is 0 Å². The van der Waals surface area contributed by atoms with Crippen LogP contribution in [-0.2, 0) is 0 Å². The molecule has 0 aliphatic carbocycles. The van der Waals surface area contributed by atoms with E-state index < -0.39 is 0 Å². The third-order valence-electron chi connectivity index (χ3n) is 8.44. The number of anilines is 1. The fraction of sp³-hybridized carbons (Fsp3) is 0.368. The van der Waals surface area contributed by atoms with E-state index in [1.165, 1.54) is 47.8 Å². The normalized spacial score (nSPS) is 15.2. The predicted octanol–water partition coefficient (Wildman–Crippen LogP) is 10.6. The summed E-state index contributed by atoms with van der Waals surface area (Å²) < 4.78 is 56.5. The average Bonchev–Trinajstić information content (AvgIpc) is 3.09. The minimum Gasteiger partial charge on any atom is -0.388 e. The zero-order chi connectivity index (χ0) is 35.3. The Kier molecular flexibility index (Phi) is 18.0. The Labute approximate surface area is 317 Å². The van der Waals surface area contributed by atoms with Crippen LogP contribution in [0.5, 0.6) is 0 Å². The van der Waals surface area contributed by atoms with Crippen LogP contribution in [0.15, 0.2) is 96.9 Å². The number of hydrogen-bond donors (Lipinski definition) is 3. The van der Waals surface area contributed by atoms with Gasteiger partial charge >= 0.3 is 0 Å². The summed E-state index contributed by atoms with van der Waals surface area (Å²) >= 11 is 6.02. The molecule has 272 valence electrons. The van der Waals surface area contributed by atoms with Gasteiger partial charge < -0.3 is 20.9 Å². The zero-order valence-corrected chi connectivity index (χ0v) is 32.8. The first-order valence-electron chi connectivity index (χ1n) is 16.5. The van der Waals surface area contributed by atoms with Crippen molar-refractivity contribution >= 4 is 57.5 Å². The molecule has 0 atom stereocenters. The summed E-state index contributed by atoms with van der Waals surface area (Å²) in [7, 11) is 7.62. The first kappa shape index (κ1) is 42.2. The van der Waals surface area contributed by atoms with Gasteiger partial charge in [0, 0.05) is 36.8 Å². The quantitative estimate of drug-likeness (QED) is 0.162. The smallest absolute Gasteiger partial charge is 0.139 e. The van der Waals surface area contributed by atoms with Crippen molar-refractivity contribution in [1.82, 2.24) is 15.5 Å². The van der Waals surface area contributed by atoms with Crippen LogP contribution in [0, 0.1) is 23.3 Å². The monoisotopic (exact) mass is 812 g/mol. The molecule has 2 fully saturated rings. The van der Waals surface area contributed by atoms with E-state index in [-0.39, 0.29) is 35.7 Å². The second-order valence-electron chi connectivity index (χ2n) is 12.1. The van der Waals surface area contributed by atoms with Crippen LogP contribution in [0.2, 0.25) is 0 Å². The minimum atomic E-state index is -0.262. The molecular formula is C38H46BrClF4N4S2. The summed E-state index contributed by atoms with van der Waals surface area (Å²) in [6, 6.07) is 19.8. The number of piperidine rings is 2. The molecule has 4 aromatic carbocycles. The van der Waals surface area contributed by atoms with Crippen molar-refractivity contribution in [1.29, 1.82) is 0 Å². The lowest BCUT2D eigenvalue weighted by atomic mass is 9.89. The molecule has 2 aliphatic heterocycles. The van der Waals surface area contributed by atoms with Crippen LogP contribution in [0.4, 0.5) is 23.2 Å². The largest absolute Gasteiger partial charge is 0.388 e. The highest BCUT2D eigenvalue weighted by Gasteiger charge is 2.23. The van der Waals surface area contributed by atoms with E-state index in [4.69, 9.17) is 0 Å². The Morgan fingerprint density at radius 1 is 0.660 bits per heavy atom. The second kappa shape index (κ2) is 21.3. The number of nitrogens with one attached hydrogen (secondary N) is 3. The maximum absolute atomic E-state index is 14.2. The molecule has 0 saturated carbocycles. The molecule has 6 rings (SSSR count). The van der Waals surface area contributed by atoms with Crippen molar-refractivity contribution in [3.05, 3.63) is 112 Å². The number of likely N-dealkylation sites (tertiary alicyclic amines) is 1. The molecule has 12 heteroatoms. The number of benzene rings is 4. The van der Waals surface area contributed by atoms with Gasteiger partial charge in [0.2, 0.25) is 0 Å². The standard InChI is InChI=1S/C18H18BrF2NS.C18H20F2N2S.C2H7N.ClH/c1-22-8-6-12(7-9-22)15-11-14(20)3-5-17(15)23-18-4-2-13(19)10-16(18)21;1-21-14-3-5-18(16(20)11-14)23-17-4-2-13(19)10-15(17)12-6-8-22-9-7-12;1-3-2;/h2-5,10-12H,6-9H2,1H3;2-5,10-12,21-22H,6-9H2,1H3;3H,1-2H3;1H. The maximum atomic E-state index is 14.2. The SMILES string of the molecule is CN1CCC(c2cc(F)ccc2Sc2ccc(Br)cc2F)CC1.CNC.CNc1ccc(Sc2ccc(F)cc2C2CCNCC2)c(F)c1.Cl. The lowest BCUT2D eigenvalue weighted by molar-refractivity contribution is 0.254. The van der Waals surface area contributed by atoms with E-state index in [1.54, 1.807) is 43.4 Å². The molecule has 50 heavy (non-hydrogen) atoms. The van der Waals surface area contributed by atoms with E-state index >= 15 is 0 Å². The van der Waals surface area contributed by atoms with Crippen LogP contribution in [0.1, 0.15) is 48.6 Å². The summed E-state index contributed by atoms with van der Waals surface area (Å²) in [5.41, 5.74) is 2.74. The van der Waals surface area contributed by atoms with Crippen molar-refractivity contribution in [3.8, 4) is 0 Å². The molecule has 4 nitrogen and oxygen atoms in total. The van der Waals surface area contributed by atoms with Crippen LogP contribution in [-0.4, -0.2) is 59.3 Å². The van der Waals surface area contributed by atoms with Gasteiger partial charge in [-0.15, -0.1) is 12.4 Å². The van der Waals surface area contributed by atoms with E-state index in [9.17, 15) is 17.6 Å². The molecular weight excluding hydrogens is 768 g/mol. The lowest BCUT2D eigenvalue weighted by Crippen LogP contribution is -2.29. The van der Waals surface area contributed by atoms with Gasteiger partial charge in [-0.25, -0.2) is 17.6 Å². The molecule has 4 aromatic rings. The van der Waals surface area contributed by atoms with Crippen molar-refractivity contribution in [3.63, 3.8) is 0 Å². The van der Waals surface area contributed by atoms with Crippen LogP contribution in [0.3, 0.4) is 0 Å². The highest BCUT2D eigenvalue weighted by Crippen LogP contribution is 2.40. The average molecular weight is 814 g/mol. The van der Waals surface area contributed by atoms with Crippen molar-refractivity contribution in [2.75, 3.05) is 59.7 Å². The third kappa shape index (κ3) is 12.5. The van der Waals surface area contributed by atoms with Gasteiger partial charge in [0.05, 0.1) is 0 Å². The fourth-order valence-electron chi connectivity index (χ4n) is 5.85. The first-order chi connectivity index (χ1) is 23.6. The Hall–Kier alpha value is -2.25. The first-order valence-corrected chi connectivity index (χ1v) is 18.9. The predicted molar refractivity (Wildman–Crippen MR) is 208 cm³/mol. The van der Waals surface area contributed by atoms with Crippen LogP contribution < -0.4 is 16.0 Å². The molecule has 2 heterocycles. The Morgan fingerprint density at radius 2 is 1.12 bits per heavy atom. The summed E-state index contributed by atoms with van der Waals surface area (Å²) in [5, 5.41) is 9.00. The molecule has 3 N–H and O–H groups in total. The molecule has 0 aromatic heterocycles. The van der Waals surface area contributed by atoms with Crippen LogP contribution in [0.25, 0.3) is 0 Å². The summed E-state index contributed by atoms with van der Waals surface area (Å²) in [6.45, 7) is 3.91. The van der Waals surface area contributed by atoms with Crippen LogP contribution >= 0.6 is 51.9 Å². The minimum absolute atomic E-state index is 0. The third-order valence-corrected chi connectivity index (χ3v) is 11.2. The number of nitrogens with zero attached hydrogens (tertiary/aromatic N) is 1. The highest BCUT2D eigenvalue weighted by molar-refractivity contribution is 9.10. The highest BCUT2D eigenvalue weighted by atomic mass is 79.9. The molecule has 0 radical (unpaired) electrons. The molecule has 2 saturated heterocycles. The molecule has 0 amide bonds. The topological polar surface area (TPSA) is 39.3 Å². The van der Waals surface area contributed by atoms with E-state index in [2.05, 4.69) is 43.8 Å². The number of halogens is 6. The summed E-state index contributed by atoms with van der Waals surface area (Å²) in [4.78, 5) is 5.30. The second-order valence-corrected chi connectivity index (χ2v) is 15.2. The van der Waals surface area contributed by atoms with Gasteiger partial charge in [0.25, 0.3) is 0 Å². The zero-order valence-electron chi connectivity index (χ0n) is 28.8. The van der Waals surface area contributed by atoms with Gasteiger partial charge in [0.1, 0.15) is 23.3 Å². The summed E-state index contributed by atoms with van der Waals surface area (Å²) in [5.74, 6) is -0.309. The molecule has 0 spiro atoms. The van der Waals surface area contributed by atoms with Gasteiger partial charge in [-0.05, 0) is 169 Å².